The zero-order chi connectivity index (χ0) is 15.2. The van der Waals surface area contributed by atoms with Crippen molar-refractivity contribution in [2.24, 2.45) is 5.92 Å². The summed E-state index contributed by atoms with van der Waals surface area (Å²) in [6, 6.07) is 4.87. The van der Waals surface area contributed by atoms with Gasteiger partial charge in [-0.1, -0.05) is 13.0 Å². The molecule has 1 N–H and O–H groups in total. The van der Waals surface area contributed by atoms with Crippen molar-refractivity contribution in [3.05, 3.63) is 34.1 Å². The van der Waals surface area contributed by atoms with E-state index in [0.29, 0.717) is 23.5 Å². The monoisotopic (exact) mass is 356 g/mol. The molecule has 1 aliphatic rings. The molecule has 0 saturated carbocycles. The molecule has 1 fully saturated rings. The van der Waals surface area contributed by atoms with E-state index in [-0.39, 0.29) is 11.5 Å². The Morgan fingerprint density at radius 1 is 1.52 bits per heavy atom. The van der Waals surface area contributed by atoms with Gasteiger partial charge in [0.2, 0.25) is 0 Å². The molecule has 1 amide bonds. The van der Waals surface area contributed by atoms with Gasteiger partial charge in [-0.2, -0.15) is 0 Å². The lowest BCUT2D eigenvalue weighted by Crippen LogP contribution is -2.41. The van der Waals surface area contributed by atoms with E-state index in [1.54, 1.807) is 23.1 Å². The zero-order valence-corrected chi connectivity index (χ0v) is 14.0. The summed E-state index contributed by atoms with van der Waals surface area (Å²) in [6.45, 7) is 5.40. The standard InChI is InChI=1S/C16H22BrFN2O/c1-2-9-20(11-12-5-4-8-19-10-12)16(21)13-6-3-7-14(17)15(13)18/h3,6-7,12,19H,2,4-5,8-11H2,1H3. The molecule has 0 bridgehead atoms. The Morgan fingerprint density at radius 2 is 2.33 bits per heavy atom. The minimum absolute atomic E-state index is 0.154. The average Bonchev–Trinajstić information content (AvgIpc) is 2.50. The fourth-order valence-corrected chi connectivity index (χ4v) is 3.14. The predicted octanol–water partition coefficient (Wildman–Crippen LogP) is 3.44. The van der Waals surface area contributed by atoms with Crippen LogP contribution >= 0.6 is 15.9 Å². The molecule has 1 aromatic rings. The molecule has 1 aromatic carbocycles. The van der Waals surface area contributed by atoms with Gasteiger partial charge >= 0.3 is 0 Å². The van der Waals surface area contributed by atoms with Crippen molar-refractivity contribution in [3.8, 4) is 0 Å². The van der Waals surface area contributed by atoms with Crippen LogP contribution in [0.4, 0.5) is 4.39 Å². The second-order valence-corrected chi connectivity index (χ2v) is 6.42. The van der Waals surface area contributed by atoms with Gasteiger partial charge in [-0.05, 0) is 66.3 Å². The molecule has 1 aliphatic heterocycles. The quantitative estimate of drug-likeness (QED) is 0.876. The van der Waals surface area contributed by atoms with Crippen LogP contribution in [-0.4, -0.2) is 37.0 Å². The average molecular weight is 357 g/mol. The Labute approximate surface area is 134 Å². The summed E-state index contributed by atoms with van der Waals surface area (Å²) < 4.78 is 14.5. The highest BCUT2D eigenvalue weighted by Crippen LogP contribution is 2.21. The van der Waals surface area contributed by atoms with Crippen molar-refractivity contribution in [2.75, 3.05) is 26.2 Å². The first-order chi connectivity index (χ1) is 10.1. The maximum Gasteiger partial charge on any atom is 0.256 e. The van der Waals surface area contributed by atoms with Crippen LogP contribution in [0.2, 0.25) is 0 Å². The fourth-order valence-electron chi connectivity index (χ4n) is 2.78. The van der Waals surface area contributed by atoms with E-state index < -0.39 is 5.82 Å². The van der Waals surface area contributed by atoms with Gasteiger partial charge in [-0.25, -0.2) is 4.39 Å². The van der Waals surface area contributed by atoms with Crippen molar-refractivity contribution in [1.29, 1.82) is 0 Å². The summed E-state index contributed by atoms with van der Waals surface area (Å²) in [5.41, 5.74) is 0.154. The molecule has 0 aromatic heterocycles. The van der Waals surface area contributed by atoms with Crippen LogP contribution in [-0.2, 0) is 0 Å². The van der Waals surface area contributed by atoms with Gasteiger partial charge in [0.1, 0.15) is 5.82 Å². The molecular weight excluding hydrogens is 335 g/mol. The molecule has 5 heteroatoms. The van der Waals surface area contributed by atoms with Gasteiger partial charge in [-0.15, -0.1) is 0 Å². The minimum Gasteiger partial charge on any atom is -0.338 e. The summed E-state index contributed by atoms with van der Waals surface area (Å²) in [5, 5.41) is 3.36. The number of rotatable bonds is 5. The van der Waals surface area contributed by atoms with Crippen molar-refractivity contribution >= 4 is 21.8 Å². The second-order valence-electron chi connectivity index (χ2n) is 5.56. The van der Waals surface area contributed by atoms with Crippen LogP contribution in [0.25, 0.3) is 0 Å². The first kappa shape index (κ1) is 16.4. The van der Waals surface area contributed by atoms with E-state index >= 15 is 0 Å². The van der Waals surface area contributed by atoms with Crippen molar-refractivity contribution < 1.29 is 9.18 Å². The number of piperidine rings is 1. The fraction of sp³-hybridized carbons (Fsp3) is 0.562. The zero-order valence-electron chi connectivity index (χ0n) is 12.4. The number of nitrogens with one attached hydrogen (secondary N) is 1. The van der Waals surface area contributed by atoms with E-state index in [9.17, 15) is 9.18 Å². The van der Waals surface area contributed by atoms with E-state index in [1.807, 2.05) is 6.92 Å². The van der Waals surface area contributed by atoms with Crippen LogP contribution < -0.4 is 5.32 Å². The van der Waals surface area contributed by atoms with Gasteiger partial charge in [-0.3, -0.25) is 4.79 Å². The number of halogens is 2. The highest BCUT2D eigenvalue weighted by Gasteiger charge is 2.23. The number of carbonyl (C=O) groups excluding carboxylic acids is 1. The van der Waals surface area contributed by atoms with Gasteiger partial charge in [0.15, 0.2) is 0 Å². The third kappa shape index (κ3) is 4.27. The predicted molar refractivity (Wildman–Crippen MR) is 85.9 cm³/mol. The van der Waals surface area contributed by atoms with Crippen LogP contribution in [0.3, 0.4) is 0 Å². The first-order valence-electron chi connectivity index (χ1n) is 7.57. The summed E-state index contributed by atoms with van der Waals surface area (Å²) >= 11 is 3.15. The molecule has 2 rings (SSSR count). The Kier molecular flexibility index (Phi) is 6.18. The number of benzene rings is 1. The Balaban J connectivity index is 2.12. The number of amides is 1. The smallest absolute Gasteiger partial charge is 0.256 e. The van der Waals surface area contributed by atoms with E-state index in [4.69, 9.17) is 0 Å². The van der Waals surface area contributed by atoms with Gasteiger partial charge < -0.3 is 10.2 Å². The lowest BCUT2D eigenvalue weighted by Gasteiger charge is -2.30. The number of hydrogen-bond acceptors (Lipinski definition) is 2. The second kappa shape index (κ2) is 7.90. The Bertz CT molecular complexity index is 489. The lowest BCUT2D eigenvalue weighted by molar-refractivity contribution is 0.0714. The number of carbonyl (C=O) groups is 1. The van der Waals surface area contributed by atoms with Crippen LogP contribution in [0.5, 0.6) is 0 Å². The molecular formula is C16H22BrFN2O. The number of hydrogen-bond donors (Lipinski definition) is 1. The van der Waals surface area contributed by atoms with Crippen molar-refractivity contribution in [2.45, 2.75) is 26.2 Å². The van der Waals surface area contributed by atoms with E-state index in [1.165, 1.54) is 0 Å². The summed E-state index contributed by atoms with van der Waals surface area (Å²) in [4.78, 5) is 14.4. The maximum absolute atomic E-state index is 14.1. The van der Waals surface area contributed by atoms with Gasteiger partial charge in [0.05, 0.1) is 10.0 Å². The summed E-state index contributed by atoms with van der Waals surface area (Å²) in [7, 11) is 0. The van der Waals surface area contributed by atoms with Crippen LogP contribution in [0.15, 0.2) is 22.7 Å². The largest absolute Gasteiger partial charge is 0.338 e. The maximum atomic E-state index is 14.1. The van der Waals surface area contributed by atoms with Crippen molar-refractivity contribution in [3.63, 3.8) is 0 Å². The third-order valence-corrected chi connectivity index (χ3v) is 4.45. The molecule has 1 unspecified atom stereocenters. The highest BCUT2D eigenvalue weighted by atomic mass is 79.9. The topological polar surface area (TPSA) is 32.3 Å². The lowest BCUT2D eigenvalue weighted by atomic mass is 9.98. The molecule has 0 aliphatic carbocycles. The molecule has 0 spiro atoms. The van der Waals surface area contributed by atoms with Gasteiger partial charge in [0.25, 0.3) is 5.91 Å². The van der Waals surface area contributed by atoms with E-state index in [2.05, 4.69) is 21.2 Å². The normalized spacial score (nSPS) is 18.5. The molecule has 1 heterocycles. The summed E-state index contributed by atoms with van der Waals surface area (Å²) in [5.74, 6) is -0.212. The Morgan fingerprint density at radius 3 is 3.00 bits per heavy atom. The highest BCUT2D eigenvalue weighted by molar-refractivity contribution is 9.10. The molecule has 1 atom stereocenters. The van der Waals surface area contributed by atoms with Crippen LogP contribution in [0.1, 0.15) is 36.5 Å². The van der Waals surface area contributed by atoms with E-state index in [0.717, 1.165) is 32.4 Å². The van der Waals surface area contributed by atoms with Crippen LogP contribution in [0, 0.1) is 11.7 Å². The van der Waals surface area contributed by atoms with Gasteiger partial charge in [0, 0.05) is 13.1 Å². The molecule has 116 valence electrons. The molecule has 0 radical (unpaired) electrons. The number of nitrogens with zero attached hydrogens (tertiary/aromatic N) is 1. The van der Waals surface area contributed by atoms with Crippen molar-refractivity contribution in [1.82, 2.24) is 10.2 Å². The SMILES string of the molecule is CCCN(CC1CCCNC1)C(=O)c1cccc(Br)c1F. The molecule has 1 saturated heterocycles. The minimum atomic E-state index is -0.467. The first-order valence-corrected chi connectivity index (χ1v) is 8.36. The summed E-state index contributed by atoms with van der Waals surface area (Å²) in [6.07, 6.45) is 3.15. The molecule has 3 nitrogen and oxygen atoms in total. The third-order valence-electron chi connectivity index (χ3n) is 3.84. The Hall–Kier alpha value is -0.940. The molecule has 21 heavy (non-hydrogen) atoms.